The number of sulfonamides is 1. The monoisotopic (exact) mass is 289 g/mol. The Morgan fingerprint density at radius 3 is 2.11 bits per heavy atom. The van der Waals surface area contributed by atoms with Crippen LogP contribution in [0.15, 0.2) is 29.2 Å². The zero-order chi connectivity index (χ0) is 14.5. The predicted molar refractivity (Wildman–Crippen MR) is 66.1 cm³/mol. The van der Waals surface area contributed by atoms with Gasteiger partial charge in [0, 0.05) is 0 Å². The molecule has 0 saturated heterocycles. The van der Waals surface area contributed by atoms with Gasteiger partial charge in [0.1, 0.15) is 0 Å². The van der Waals surface area contributed by atoms with E-state index >= 15 is 0 Å². The molecule has 0 bridgehead atoms. The van der Waals surface area contributed by atoms with Crippen molar-refractivity contribution < 1.29 is 28.5 Å². The third kappa shape index (κ3) is 4.60. The van der Waals surface area contributed by atoms with Gasteiger partial charge < -0.3 is 15.3 Å². The Morgan fingerprint density at radius 1 is 1.16 bits per heavy atom. The molecule has 0 radical (unpaired) electrons. The van der Waals surface area contributed by atoms with E-state index in [2.05, 4.69) is 4.72 Å². The van der Waals surface area contributed by atoms with Crippen molar-refractivity contribution in [3.63, 3.8) is 0 Å². The Morgan fingerprint density at radius 2 is 1.68 bits per heavy atom. The van der Waals surface area contributed by atoms with E-state index in [1.54, 1.807) is 0 Å². The summed E-state index contributed by atoms with van der Waals surface area (Å²) >= 11 is 0. The molecular weight excluding hydrogens is 274 g/mol. The summed E-state index contributed by atoms with van der Waals surface area (Å²) in [5.41, 5.74) is 0.479. The van der Waals surface area contributed by atoms with Gasteiger partial charge in [-0.1, -0.05) is 12.1 Å². The van der Waals surface area contributed by atoms with Crippen LogP contribution in [0, 0.1) is 0 Å². The zero-order valence-electron chi connectivity index (χ0n) is 9.98. The molecule has 0 aromatic heterocycles. The Labute approximate surface area is 110 Å². The van der Waals surface area contributed by atoms with Gasteiger partial charge in [0.2, 0.25) is 10.0 Å². The van der Waals surface area contributed by atoms with Crippen LogP contribution in [-0.2, 0) is 21.2 Å². The van der Waals surface area contributed by atoms with Crippen LogP contribution >= 0.6 is 0 Å². The molecule has 0 saturated carbocycles. The summed E-state index contributed by atoms with van der Waals surface area (Å²) in [7, 11) is -3.85. The highest BCUT2D eigenvalue weighted by molar-refractivity contribution is 7.89. The summed E-state index contributed by atoms with van der Waals surface area (Å²) < 4.78 is 25.8. The van der Waals surface area contributed by atoms with Gasteiger partial charge in [0.15, 0.2) is 0 Å². The topological polar surface area (TPSA) is 124 Å². The number of carbonyl (C=O) groups is 1. The molecule has 1 rings (SSSR count). The van der Waals surface area contributed by atoms with Gasteiger partial charge in [-0.05, 0) is 17.7 Å². The molecular formula is C11H15NO6S. The van der Waals surface area contributed by atoms with Gasteiger partial charge in [-0.2, -0.15) is 0 Å². The number of aliphatic hydroxyl groups is 2. The van der Waals surface area contributed by atoms with Crippen molar-refractivity contribution in [2.75, 3.05) is 13.2 Å². The molecule has 0 aliphatic carbocycles. The lowest BCUT2D eigenvalue weighted by atomic mass is 10.2. The molecule has 0 fully saturated rings. The summed E-state index contributed by atoms with van der Waals surface area (Å²) in [5, 5.41) is 26.2. The highest BCUT2D eigenvalue weighted by atomic mass is 32.2. The number of hydrogen-bond donors (Lipinski definition) is 4. The maximum absolute atomic E-state index is 11.8. The van der Waals surface area contributed by atoms with Crippen LogP contribution in [0.3, 0.4) is 0 Å². The lowest BCUT2D eigenvalue weighted by molar-refractivity contribution is -0.136. The van der Waals surface area contributed by atoms with Crippen molar-refractivity contribution >= 4 is 16.0 Å². The van der Waals surface area contributed by atoms with E-state index in [1.807, 2.05) is 0 Å². The summed E-state index contributed by atoms with van der Waals surface area (Å²) in [6, 6.07) is 4.37. The first kappa shape index (κ1) is 15.6. The fraction of sp³-hybridized carbons (Fsp3) is 0.364. The van der Waals surface area contributed by atoms with Gasteiger partial charge >= 0.3 is 5.97 Å². The van der Waals surface area contributed by atoms with E-state index < -0.39 is 35.2 Å². The smallest absolute Gasteiger partial charge is 0.307 e. The maximum Gasteiger partial charge on any atom is 0.307 e. The second kappa shape index (κ2) is 6.62. The number of aliphatic carboxylic acids is 1. The minimum atomic E-state index is -3.85. The van der Waals surface area contributed by atoms with Gasteiger partial charge in [-0.15, -0.1) is 0 Å². The fourth-order valence-electron chi connectivity index (χ4n) is 1.38. The van der Waals surface area contributed by atoms with Crippen molar-refractivity contribution in [2.24, 2.45) is 0 Å². The quantitative estimate of drug-likeness (QED) is 0.507. The van der Waals surface area contributed by atoms with Crippen LogP contribution in [0.2, 0.25) is 0 Å². The van der Waals surface area contributed by atoms with Crippen molar-refractivity contribution in [1.29, 1.82) is 0 Å². The van der Waals surface area contributed by atoms with Crippen LogP contribution in [0.5, 0.6) is 0 Å². The summed E-state index contributed by atoms with van der Waals surface area (Å²) in [6.45, 7) is -1.04. The van der Waals surface area contributed by atoms with Crippen molar-refractivity contribution in [3.05, 3.63) is 29.8 Å². The molecule has 0 aliphatic rings. The number of nitrogens with one attached hydrogen (secondary N) is 1. The van der Waals surface area contributed by atoms with E-state index in [1.165, 1.54) is 24.3 Å². The molecule has 1 aromatic rings. The summed E-state index contributed by atoms with van der Waals surface area (Å²) in [4.78, 5) is 10.4. The number of benzene rings is 1. The second-order valence-corrected chi connectivity index (χ2v) is 5.61. The Kier molecular flexibility index (Phi) is 5.43. The third-order valence-electron chi connectivity index (χ3n) is 2.35. The molecule has 0 unspecified atom stereocenters. The van der Waals surface area contributed by atoms with Crippen molar-refractivity contribution in [1.82, 2.24) is 4.72 Å². The van der Waals surface area contributed by atoms with E-state index in [0.29, 0.717) is 5.56 Å². The zero-order valence-corrected chi connectivity index (χ0v) is 10.8. The van der Waals surface area contributed by atoms with Gasteiger partial charge in [-0.3, -0.25) is 4.79 Å². The molecule has 0 atom stereocenters. The average molecular weight is 289 g/mol. The molecule has 0 aliphatic heterocycles. The number of rotatable bonds is 7. The number of carboxylic acids is 1. The standard InChI is InChI=1S/C11H15NO6S/c13-6-9(7-14)12-19(17,18)10-3-1-8(2-4-10)5-11(15)16/h1-4,9,12-14H,5-7H2,(H,15,16). The maximum atomic E-state index is 11.8. The van der Waals surface area contributed by atoms with Crippen LogP contribution in [-0.4, -0.2) is 49.0 Å². The minimum Gasteiger partial charge on any atom is -0.481 e. The first-order valence-corrected chi connectivity index (χ1v) is 6.92. The molecule has 7 nitrogen and oxygen atoms in total. The normalized spacial score (nSPS) is 11.7. The first-order chi connectivity index (χ1) is 8.89. The van der Waals surface area contributed by atoms with Gasteiger partial charge in [-0.25, -0.2) is 13.1 Å². The van der Waals surface area contributed by atoms with Crippen molar-refractivity contribution in [3.8, 4) is 0 Å². The number of hydrogen-bond acceptors (Lipinski definition) is 5. The molecule has 19 heavy (non-hydrogen) atoms. The molecule has 0 heterocycles. The van der Waals surface area contributed by atoms with Gasteiger partial charge in [0.25, 0.3) is 0 Å². The lowest BCUT2D eigenvalue weighted by Gasteiger charge is -2.13. The van der Waals surface area contributed by atoms with Crippen LogP contribution < -0.4 is 4.72 Å². The molecule has 1 aromatic carbocycles. The van der Waals surface area contributed by atoms with E-state index in [0.717, 1.165) is 0 Å². The molecule has 0 spiro atoms. The first-order valence-electron chi connectivity index (χ1n) is 5.44. The second-order valence-electron chi connectivity index (χ2n) is 3.90. The minimum absolute atomic E-state index is 0.0615. The Hall–Kier alpha value is -1.48. The van der Waals surface area contributed by atoms with E-state index in [9.17, 15) is 13.2 Å². The lowest BCUT2D eigenvalue weighted by Crippen LogP contribution is -2.39. The highest BCUT2D eigenvalue weighted by Crippen LogP contribution is 2.11. The molecule has 106 valence electrons. The molecule has 0 amide bonds. The molecule has 4 N–H and O–H groups in total. The SMILES string of the molecule is O=C(O)Cc1ccc(S(=O)(=O)NC(CO)CO)cc1. The average Bonchev–Trinajstić information content (AvgIpc) is 2.36. The van der Waals surface area contributed by atoms with Crippen LogP contribution in [0.1, 0.15) is 5.56 Å². The van der Waals surface area contributed by atoms with Crippen molar-refractivity contribution in [2.45, 2.75) is 17.4 Å². The van der Waals surface area contributed by atoms with Crippen LogP contribution in [0.4, 0.5) is 0 Å². The Bertz CT molecular complexity index is 521. The van der Waals surface area contributed by atoms with Crippen LogP contribution in [0.25, 0.3) is 0 Å². The van der Waals surface area contributed by atoms with Gasteiger partial charge in [0.05, 0.1) is 30.6 Å². The summed E-state index contributed by atoms with van der Waals surface area (Å²) in [5.74, 6) is -1.01. The molecule has 8 heteroatoms. The Balaban J connectivity index is 2.87. The number of aliphatic hydroxyl groups excluding tert-OH is 2. The fourth-order valence-corrected chi connectivity index (χ4v) is 2.60. The number of carboxylic acid groups (broad SMARTS) is 1. The van der Waals surface area contributed by atoms with E-state index in [-0.39, 0.29) is 11.3 Å². The summed E-state index contributed by atoms with van der Waals surface area (Å²) in [6.07, 6.45) is -0.191. The largest absolute Gasteiger partial charge is 0.481 e. The third-order valence-corrected chi connectivity index (χ3v) is 3.89. The predicted octanol–water partition coefficient (Wildman–Crippen LogP) is -1.05. The van der Waals surface area contributed by atoms with E-state index in [4.69, 9.17) is 15.3 Å². The highest BCUT2D eigenvalue weighted by Gasteiger charge is 2.19.